The number of benzene rings is 2. The van der Waals surface area contributed by atoms with Crippen molar-refractivity contribution in [3.63, 3.8) is 0 Å². The summed E-state index contributed by atoms with van der Waals surface area (Å²) in [5, 5.41) is 8.46. The van der Waals surface area contributed by atoms with Gasteiger partial charge >= 0.3 is 0 Å². The molecular formula is C23H32N2O. The number of hydrogen-bond donors (Lipinski definition) is 0. The summed E-state index contributed by atoms with van der Waals surface area (Å²) in [4.78, 5) is 0. The predicted molar refractivity (Wildman–Crippen MR) is 110 cm³/mol. The first-order valence-electron chi connectivity index (χ1n) is 10.1. The molecular weight excluding hydrogens is 320 g/mol. The smallest absolute Gasteiger partial charge is 0.119 e. The number of unbranched alkanes of at least 4 members (excludes halogenated alkanes) is 8. The van der Waals surface area contributed by atoms with Crippen molar-refractivity contribution in [1.29, 1.82) is 0 Å². The molecule has 26 heavy (non-hydrogen) atoms. The topological polar surface area (TPSA) is 34.0 Å². The van der Waals surface area contributed by atoms with Crippen LogP contribution in [0.25, 0.3) is 0 Å². The lowest BCUT2D eigenvalue weighted by Gasteiger charge is -2.06. The van der Waals surface area contributed by atoms with Gasteiger partial charge in [0, 0.05) is 0 Å². The van der Waals surface area contributed by atoms with E-state index in [-0.39, 0.29) is 0 Å². The van der Waals surface area contributed by atoms with Crippen LogP contribution in [0.4, 0.5) is 11.4 Å². The van der Waals surface area contributed by atoms with E-state index >= 15 is 0 Å². The Hall–Kier alpha value is -2.16. The van der Waals surface area contributed by atoms with Crippen molar-refractivity contribution in [2.45, 2.75) is 64.7 Å². The standard InChI is InChI=1S/C23H32N2O/c1-2-3-4-5-6-7-8-9-13-20-26-23-18-16-22(17-19-23)25-24-21-14-11-10-12-15-21/h10-12,14-19H,2-9,13,20H2,1H3. The van der Waals surface area contributed by atoms with E-state index in [1.165, 1.54) is 51.4 Å². The third-order valence-corrected chi connectivity index (χ3v) is 4.39. The first kappa shape index (κ1) is 20.2. The highest BCUT2D eigenvalue weighted by atomic mass is 16.5. The van der Waals surface area contributed by atoms with Crippen molar-refractivity contribution in [1.82, 2.24) is 0 Å². The molecule has 140 valence electrons. The molecule has 0 amide bonds. The Kier molecular flexibility index (Phi) is 10.2. The molecule has 2 aromatic carbocycles. The predicted octanol–water partition coefficient (Wildman–Crippen LogP) is 8.01. The van der Waals surface area contributed by atoms with Crippen LogP contribution in [0.1, 0.15) is 64.7 Å². The lowest BCUT2D eigenvalue weighted by atomic mass is 10.1. The van der Waals surface area contributed by atoms with Gasteiger partial charge in [-0.3, -0.25) is 0 Å². The molecule has 0 bridgehead atoms. The second-order valence-electron chi connectivity index (χ2n) is 6.71. The summed E-state index contributed by atoms with van der Waals surface area (Å²) >= 11 is 0. The van der Waals surface area contributed by atoms with Crippen LogP contribution in [0.3, 0.4) is 0 Å². The van der Waals surface area contributed by atoms with Gasteiger partial charge in [0.1, 0.15) is 5.75 Å². The summed E-state index contributed by atoms with van der Waals surface area (Å²) < 4.78 is 5.81. The van der Waals surface area contributed by atoms with Crippen LogP contribution in [0.15, 0.2) is 64.8 Å². The fourth-order valence-electron chi connectivity index (χ4n) is 2.82. The zero-order chi connectivity index (χ0) is 18.3. The van der Waals surface area contributed by atoms with Crippen LogP contribution in [0.2, 0.25) is 0 Å². The maximum Gasteiger partial charge on any atom is 0.119 e. The molecule has 0 saturated carbocycles. The summed E-state index contributed by atoms with van der Waals surface area (Å²) in [7, 11) is 0. The van der Waals surface area contributed by atoms with Gasteiger partial charge in [0.05, 0.1) is 18.0 Å². The molecule has 0 aliphatic carbocycles. The number of ether oxygens (including phenoxy) is 1. The Labute approximate surface area is 158 Å². The second-order valence-corrected chi connectivity index (χ2v) is 6.71. The van der Waals surface area contributed by atoms with Crippen molar-refractivity contribution >= 4 is 11.4 Å². The van der Waals surface area contributed by atoms with Crippen LogP contribution in [0, 0.1) is 0 Å². The molecule has 3 heteroatoms. The molecule has 0 saturated heterocycles. The normalized spacial score (nSPS) is 11.1. The van der Waals surface area contributed by atoms with Crippen LogP contribution in [-0.2, 0) is 0 Å². The summed E-state index contributed by atoms with van der Waals surface area (Å²) in [6, 6.07) is 17.6. The Morgan fingerprint density at radius 1 is 0.615 bits per heavy atom. The highest BCUT2D eigenvalue weighted by Gasteiger charge is 1.96. The molecule has 0 heterocycles. The zero-order valence-corrected chi connectivity index (χ0v) is 16.1. The molecule has 0 atom stereocenters. The molecule has 0 spiro atoms. The lowest BCUT2D eigenvalue weighted by Crippen LogP contribution is -1.96. The molecule has 0 aliphatic rings. The summed E-state index contributed by atoms with van der Waals surface area (Å²) in [5.74, 6) is 0.906. The van der Waals surface area contributed by atoms with E-state index < -0.39 is 0 Å². The Morgan fingerprint density at radius 2 is 1.15 bits per heavy atom. The molecule has 0 radical (unpaired) electrons. The largest absolute Gasteiger partial charge is 0.494 e. The minimum Gasteiger partial charge on any atom is -0.494 e. The fourth-order valence-corrected chi connectivity index (χ4v) is 2.82. The summed E-state index contributed by atoms with van der Waals surface area (Å²) in [6.45, 7) is 3.06. The van der Waals surface area contributed by atoms with Crippen molar-refractivity contribution in [3.05, 3.63) is 54.6 Å². The van der Waals surface area contributed by atoms with E-state index in [1.54, 1.807) is 0 Å². The van der Waals surface area contributed by atoms with Crippen molar-refractivity contribution < 1.29 is 4.74 Å². The fraction of sp³-hybridized carbons (Fsp3) is 0.478. The second kappa shape index (κ2) is 13.1. The van der Waals surface area contributed by atoms with E-state index in [1.807, 2.05) is 54.6 Å². The minimum atomic E-state index is 0.792. The molecule has 0 N–H and O–H groups in total. The van der Waals surface area contributed by atoms with Gasteiger partial charge in [0.2, 0.25) is 0 Å². The average Bonchev–Trinajstić information content (AvgIpc) is 2.69. The van der Waals surface area contributed by atoms with Crippen molar-refractivity contribution in [2.75, 3.05) is 6.61 Å². The SMILES string of the molecule is CCCCCCCCCCCOc1ccc(N=Nc2ccccc2)cc1. The quantitative estimate of drug-likeness (QED) is 0.265. The van der Waals surface area contributed by atoms with E-state index in [4.69, 9.17) is 4.74 Å². The third-order valence-electron chi connectivity index (χ3n) is 4.39. The number of rotatable bonds is 13. The molecule has 0 aromatic heterocycles. The third kappa shape index (κ3) is 8.80. The first-order chi connectivity index (χ1) is 12.9. The monoisotopic (exact) mass is 352 g/mol. The minimum absolute atomic E-state index is 0.792. The van der Waals surface area contributed by atoms with Crippen LogP contribution in [-0.4, -0.2) is 6.61 Å². The maximum absolute atomic E-state index is 5.81. The van der Waals surface area contributed by atoms with Crippen LogP contribution < -0.4 is 4.74 Å². The van der Waals surface area contributed by atoms with Gasteiger partial charge < -0.3 is 4.74 Å². The highest BCUT2D eigenvalue weighted by molar-refractivity contribution is 5.42. The molecule has 3 nitrogen and oxygen atoms in total. The van der Waals surface area contributed by atoms with Gasteiger partial charge in [0.15, 0.2) is 0 Å². The summed E-state index contributed by atoms with van der Waals surface area (Å²) in [6.07, 6.45) is 12.0. The zero-order valence-electron chi connectivity index (χ0n) is 16.1. The number of nitrogens with zero attached hydrogens (tertiary/aromatic N) is 2. The van der Waals surface area contributed by atoms with Gasteiger partial charge in [-0.05, 0) is 42.8 Å². The molecule has 0 unspecified atom stereocenters. The van der Waals surface area contributed by atoms with Gasteiger partial charge in [-0.1, -0.05) is 76.5 Å². The Balaban J connectivity index is 1.56. The van der Waals surface area contributed by atoms with Crippen molar-refractivity contribution in [3.8, 4) is 5.75 Å². The van der Waals surface area contributed by atoms with E-state index in [0.29, 0.717) is 0 Å². The molecule has 2 rings (SSSR count). The van der Waals surface area contributed by atoms with Gasteiger partial charge in [-0.15, -0.1) is 0 Å². The van der Waals surface area contributed by atoms with E-state index in [9.17, 15) is 0 Å². The molecule has 0 fully saturated rings. The molecule has 2 aromatic rings. The van der Waals surface area contributed by atoms with Gasteiger partial charge in [0.25, 0.3) is 0 Å². The van der Waals surface area contributed by atoms with E-state index in [0.717, 1.165) is 30.2 Å². The maximum atomic E-state index is 5.81. The van der Waals surface area contributed by atoms with Crippen molar-refractivity contribution in [2.24, 2.45) is 10.2 Å². The summed E-state index contributed by atoms with van der Waals surface area (Å²) in [5.41, 5.74) is 1.70. The van der Waals surface area contributed by atoms with Crippen LogP contribution >= 0.6 is 0 Å². The number of azo groups is 1. The van der Waals surface area contributed by atoms with Gasteiger partial charge in [-0.2, -0.15) is 10.2 Å². The highest BCUT2D eigenvalue weighted by Crippen LogP contribution is 2.21. The van der Waals surface area contributed by atoms with Crippen LogP contribution in [0.5, 0.6) is 5.75 Å². The average molecular weight is 353 g/mol. The van der Waals surface area contributed by atoms with E-state index in [2.05, 4.69) is 17.2 Å². The Bertz CT molecular complexity index is 608. The Morgan fingerprint density at radius 3 is 1.77 bits per heavy atom. The first-order valence-corrected chi connectivity index (χ1v) is 10.1. The number of hydrogen-bond acceptors (Lipinski definition) is 3. The van der Waals surface area contributed by atoms with Gasteiger partial charge in [-0.25, -0.2) is 0 Å². The lowest BCUT2D eigenvalue weighted by molar-refractivity contribution is 0.304. The molecule has 0 aliphatic heterocycles.